The highest BCUT2D eigenvalue weighted by Crippen LogP contribution is 2.02. The highest BCUT2D eigenvalue weighted by molar-refractivity contribution is 7.05. The molecule has 0 radical (unpaired) electrons. The second-order valence-corrected chi connectivity index (χ2v) is 4.12. The van der Waals surface area contributed by atoms with Crippen molar-refractivity contribution in [2.75, 3.05) is 26.8 Å². The zero-order valence-electron chi connectivity index (χ0n) is 11.0. The van der Waals surface area contributed by atoms with Crippen LogP contribution in [0.3, 0.4) is 0 Å². The maximum absolute atomic E-state index is 8.09. The Hall–Kier alpha value is -2.35. The van der Waals surface area contributed by atoms with Crippen LogP contribution in [-0.2, 0) is 4.74 Å². The molecule has 1 heterocycles. The van der Waals surface area contributed by atoms with E-state index >= 15 is 0 Å². The van der Waals surface area contributed by atoms with Gasteiger partial charge in [0.1, 0.15) is 19.7 Å². The van der Waals surface area contributed by atoms with Crippen LogP contribution < -0.4 is 0 Å². The maximum Gasteiger partial charge on any atom is 0.383 e. The molecule has 98 valence electrons. The number of methoxy groups -OCH3 is 1. The zero-order valence-corrected chi connectivity index (χ0v) is 11.0. The van der Waals surface area contributed by atoms with Gasteiger partial charge in [0.2, 0.25) is 0 Å². The molecule has 1 rings (SSSR count). The van der Waals surface area contributed by atoms with Crippen molar-refractivity contribution in [2.24, 2.45) is 0 Å². The highest BCUT2D eigenvalue weighted by atomic mass is 16.5. The molecule has 1 fully saturated rings. The zero-order chi connectivity index (χ0) is 14.6. The summed E-state index contributed by atoms with van der Waals surface area (Å²) in [5.41, 5.74) is 0. The quantitative estimate of drug-likeness (QED) is 0.531. The van der Waals surface area contributed by atoms with Gasteiger partial charge in [-0.15, -0.1) is 23.9 Å². The fourth-order valence-electron chi connectivity index (χ4n) is 1.45. The topological polar surface area (TPSA) is 107 Å². The van der Waals surface area contributed by atoms with Gasteiger partial charge >= 0.3 is 6.15 Å². The molecule has 0 unspecified atom stereocenters. The summed E-state index contributed by atoms with van der Waals surface area (Å²) in [5.74, 6) is 5.38. The molecule has 6 nitrogen and oxygen atoms in total. The Morgan fingerprint density at radius 2 is 1.47 bits per heavy atom. The molecule has 0 aromatic heterocycles. The van der Waals surface area contributed by atoms with Gasteiger partial charge in [-0.05, 0) is 6.42 Å². The van der Waals surface area contributed by atoms with Crippen molar-refractivity contribution in [3.63, 3.8) is 0 Å². The molecule has 0 N–H and O–H groups in total. The lowest BCUT2D eigenvalue weighted by Crippen LogP contribution is -2.26. The van der Waals surface area contributed by atoms with Crippen molar-refractivity contribution in [2.45, 2.75) is 19.3 Å². The Bertz CT molecular complexity index is 405. The Morgan fingerprint density at radius 1 is 1.00 bits per heavy atom. The minimum Gasteiger partial charge on any atom is -0.374 e. The van der Waals surface area contributed by atoms with Gasteiger partial charge in [-0.2, -0.15) is 0 Å². The van der Waals surface area contributed by atoms with Crippen LogP contribution in [0.2, 0.25) is 0 Å². The van der Waals surface area contributed by atoms with Gasteiger partial charge in [0.15, 0.2) is 6.21 Å². The van der Waals surface area contributed by atoms with E-state index in [1.165, 1.54) is 56.2 Å². The Balaban J connectivity index is 0.000000344. The lowest BCUT2D eigenvalue weighted by Gasteiger charge is -2.08. The largest absolute Gasteiger partial charge is 0.383 e. The summed E-state index contributed by atoms with van der Waals surface area (Å²) in [5, 5.41) is 32.3. The summed E-state index contributed by atoms with van der Waals surface area (Å²) < 4.78 is 7.30. The Kier molecular flexibility index (Phi) is 8.47. The third kappa shape index (κ3) is 6.22. The molecule has 1 aliphatic heterocycles. The summed E-state index contributed by atoms with van der Waals surface area (Å²) in [4.78, 5) is 0. The highest BCUT2D eigenvalue weighted by Gasteiger charge is 2.22. The van der Waals surface area contributed by atoms with Crippen molar-refractivity contribution in [3.05, 3.63) is 0 Å². The van der Waals surface area contributed by atoms with Crippen molar-refractivity contribution >= 4 is 12.4 Å². The predicted octanol–water partition coefficient (Wildman–Crippen LogP) is 0.586. The number of ether oxygens (including phenoxy) is 1. The fourth-order valence-corrected chi connectivity index (χ4v) is 1.45. The molecule has 7 heteroatoms. The number of nitriles is 4. The standard InChI is InChI=1S/C8H16NO.C4BN4/c1-10-8-7-9-5-3-2-4-6-9;6-1-5(2-7,3-8)4-9/h7H,2-6,8H2,1H3;/q+1;-1. The molecule has 0 saturated carbocycles. The van der Waals surface area contributed by atoms with Crippen LogP contribution in [-0.4, -0.2) is 43.7 Å². The van der Waals surface area contributed by atoms with Crippen LogP contribution >= 0.6 is 0 Å². The summed E-state index contributed by atoms with van der Waals surface area (Å²) in [6, 6.07) is 0. The van der Waals surface area contributed by atoms with Crippen LogP contribution in [0, 0.1) is 44.9 Å². The fraction of sp³-hybridized carbons (Fsp3) is 0.583. The minimum atomic E-state index is -2.72. The van der Waals surface area contributed by atoms with Crippen LogP contribution in [0.15, 0.2) is 0 Å². The van der Waals surface area contributed by atoms with Crippen molar-refractivity contribution in [1.82, 2.24) is 0 Å². The maximum atomic E-state index is 8.09. The molecular formula is C12H16BN5O. The molecule has 0 spiro atoms. The molecule has 0 bridgehead atoms. The number of piperidine rings is 1. The summed E-state index contributed by atoms with van der Waals surface area (Å²) in [6.07, 6.45) is 3.52. The number of hydrogen-bond acceptors (Lipinski definition) is 5. The van der Waals surface area contributed by atoms with E-state index in [1.807, 2.05) is 0 Å². The van der Waals surface area contributed by atoms with Gasteiger partial charge in [0, 0.05) is 20.0 Å². The average Bonchev–Trinajstić information content (AvgIpc) is 2.50. The molecule has 1 saturated heterocycles. The van der Waals surface area contributed by atoms with Crippen molar-refractivity contribution < 1.29 is 9.31 Å². The van der Waals surface area contributed by atoms with Crippen LogP contribution in [0.4, 0.5) is 0 Å². The minimum absolute atomic E-state index is 0.764. The van der Waals surface area contributed by atoms with E-state index < -0.39 is 6.15 Å². The van der Waals surface area contributed by atoms with Gasteiger partial charge in [-0.25, -0.2) is 25.6 Å². The molecule has 0 aromatic rings. The molecule has 0 amide bonds. The lowest BCUT2D eigenvalue weighted by molar-refractivity contribution is -0.534. The first-order valence-electron chi connectivity index (χ1n) is 6.04. The number of rotatable bonds is 2. The SMILES string of the molecule is COCC=[N+]1CCCCC1.N#C[B-](C#N)(C#N)C#N. The smallest absolute Gasteiger partial charge is 0.374 e. The first kappa shape index (κ1) is 16.7. The monoisotopic (exact) mass is 257 g/mol. The first-order valence-corrected chi connectivity index (χ1v) is 6.04. The van der Waals surface area contributed by atoms with Crippen LogP contribution in [0.5, 0.6) is 0 Å². The Labute approximate surface area is 113 Å². The summed E-state index contributed by atoms with van der Waals surface area (Å²) in [6.45, 7) is 3.22. The molecular weight excluding hydrogens is 241 g/mol. The summed E-state index contributed by atoms with van der Waals surface area (Å²) in [7, 11) is 1.74. The van der Waals surface area contributed by atoms with Crippen molar-refractivity contribution in [1.29, 1.82) is 21.0 Å². The molecule has 1 aliphatic rings. The second-order valence-electron chi connectivity index (χ2n) is 4.12. The number of hydrogen-bond donors (Lipinski definition) is 0. The van der Waals surface area contributed by atoms with E-state index in [2.05, 4.69) is 10.8 Å². The summed E-state index contributed by atoms with van der Waals surface area (Å²) >= 11 is 0. The number of nitrogens with zero attached hydrogens (tertiary/aromatic N) is 5. The van der Waals surface area contributed by atoms with Gasteiger partial charge in [-0.1, -0.05) is 0 Å². The molecule has 0 aliphatic carbocycles. The Morgan fingerprint density at radius 3 is 1.79 bits per heavy atom. The van der Waals surface area contributed by atoms with Gasteiger partial charge < -0.3 is 4.74 Å². The van der Waals surface area contributed by atoms with Crippen LogP contribution in [0.1, 0.15) is 19.3 Å². The van der Waals surface area contributed by atoms with Crippen LogP contribution in [0.25, 0.3) is 0 Å². The predicted molar refractivity (Wildman–Crippen MR) is 70.0 cm³/mol. The lowest BCUT2D eigenvalue weighted by atomic mass is 9.30. The van der Waals surface area contributed by atoms with Gasteiger partial charge in [0.25, 0.3) is 0 Å². The first-order chi connectivity index (χ1) is 9.17. The van der Waals surface area contributed by atoms with E-state index in [9.17, 15) is 0 Å². The average molecular weight is 257 g/mol. The normalized spacial score (nSPS) is 13.6. The van der Waals surface area contributed by atoms with E-state index in [0.29, 0.717) is 0 Å². The van der Waals surface area contributed by atoms with E-state index in [4.69, 9.17) is 25.8 Å². The second kappa shape index (κ2) is 9.66. The molecule has 0 atom stereocenters. The molecule has 19 heavy (non-hydrogen) atoms. The van der Waals surface area contributed by atoms with Crippen molar-refractivity contribution in [3.8, 4) is 23.9 Å². The van der Waals surface area contributed by atoms with E-state index in [1.54, 1.807) is 7.11 Å². The third-order valence-corrected chi connectivity index (χ3v) is 2.66. The van der Waals surface area contributed by atoms with E-state index in [0.717, 1.165) is 6.61 Å². The van der Waals surface area contributed by atoms with Gasteiger partial charge in [0.05, 0.1) is 0 Å². The third-order valence-electron chi connectivity index (χ3n) is 2.66. The van der Waals surface area contributed by atoms with Gasteiger partial charge in [-0.3, -0.25) is 0 Å². The molecule has 0 aromatic carbocycles. The van der Waals surface area contributed by atoms with E-state index in [-0.39, 0.29) is 0 Å².